The topological polar surface area (TPSA) is 58.6 Å². The Hall–Kier alpha value is -1.92. The van der Waals surface area contributed by atoms with Gasteiger partial charge < -0.3 is 15.2 Å². The van der Waals surface area contributed by atoms with Gasteiger partial charge in [0.2, 0.25) is 5.91 Å². The first-order valence-electron chi connectivity index (χ1n) is 7.41. The van der Waals surface area contributed by atoms with Crippen molar-refractivity contribution >= 4 is 17.2 Å². The largest absolute Gasteiger partial charge is 0.492 e. The minimum Gasteiger partial charge on any atom is -0.492 e. The zero-order chi connectivity index (χ0) is 16.4. The van der Waals surface area contributed by atoms with Gasteiger partial charge in [-0.15, -0.1) is 11.3 Å². The van der Waals surface area contributed by atoms with Gasteiger partial charge in [0.15, 0.2) is 0 Å². The van der Waals surface area contributed by atoms with Crippen LogP contribution >= 0.6 is 11.3 Å². The smallest absolute Gasteiger partial charge is 0.227 e. The van der Waals surface area contributed by atoms with Gasteiger partial charge in [0.05, 0.1) is 12.5 Å². The number of aliphatic hydroxyl groups is 1. The van der Waals surface area contributed by atoms with E-state index in [1.54, 1.807) is 13.0 Å². The number of hydrogen-bond donors (Lipinski definition) is 2. The Balaban J connectivity index is 1.61. The van der Waals surface area contributed by atoms with Crippen LogP contribution in [0.1, 0.15) is 17.4 Å². The lowest BCUT2D eigenvalue weighted by molar-refractivity contribution is -0.127. The lowest BCUT2D eigenvalue weighted by atomic mass is 9.95. The van der Waals surface area contributed by atoms with E-state index in [4.69, 9.17) is 4.74 Å². The fourth-order valence-electron chi connectivity index (χ4n) is 2.61. The Labute approximate surface area is 137 Å². The van der Waals surface area contributed by atoms with E-state index in [2.05, 4.69) is 5.32 Å². The molecule has 0 saturated heterocycles. The SMILES string of the molecule is CC(O)(CNC(=O)C1COc2ccc(F)cc2C1)c1cccs1. The highest BCUT2D eigenvalue weighted by atomic mass is 32.1. The third-order valence-corrected chi connectivity index (χ3v) is 5.08. The maximum atomic E-state index is 13.3. The molecule has 2 atom stereocenters. The first-order chi connectivity index (χ1) is 11.0. The molecule has 2 N–H and O–H groups in total. The molecule has 2 heterocycles. The molecule has 3 rings (SSSR count). The molecule has 1 amide bonds. The van der Waals surface area contributed by atoms with E-state index in [1.807, 2.05) is 17.5 Å². The number of amides is 1. The van der Waals surface area contributed by atoms with Crippen molar-refractivity contribution in [3.05, 3.63) is 52.0 Å². The average molecular weight is 335 g/mol. The summed E-state index contributed by atoms with van der Waals surface area (Å²) in [7, 11) is 0. The van der Waals surface area contributed by atoms with Crippen LogP contribution in [0.5, 0.6) is 5.75 Å². The lowest BCUT2D eigenvalue weighted by Crippen LogP contribution is -2.43. The maximum absolute atomic E-state index is 13.3. The predicted molar refractivity (Wildman–Crippen MR) is 86.0 cm³/mol. The molecule has 0 bridgehead atoms. The van der Waals surface area contributed by atoms with Crippen molar-refractivity contribution in [1.82, 2.24) is 5.32 Å². The highest BCUT2D eigenvalue weighted by Gasteiger charge is 2.29. The second kappa shape index (κ2) is 6.29. The summed E-state index contributed by atoms with van der Waals surface area (Å²) in [5.41, 5.74) is -0.412. The Kier molecular flexibility index (Phi) is 4.37. The summed E-state index contributed by atoms with van der Waals surface area (Å²) in [6.45, 7) is 2.05. The molecule has 0 saturated carbocycles. The summed E-state index contributed by atoms with van der Waals surface area (Å²) in [5, 5.41) is 15.1. The van der Waals surface area contributed by atoms with Crippen LogP contribution in [0.15, 0.2) is 35.7 Å². The number of rotatable bonds is 4. The zero-order valence-corrected chi connectivity index (χ0v) is 13.5. The predicted octanol–water partition coefficient (Wildman–Crippen LogP) is 2.46. The van der Waals surface area contributed by atoms with Gasteiger partial charge in [-0.05, 0) is 48.6 Å². The Bertz CT molecular complexity index is 700. The molecule has 122 valence electrons. The summed E-state index contributed by atoms with van der Waals surface area (Å²) < 4.78 is 18.8. The molecular weight excluding hydrogens is 317 g/mol. The molecule has 1 aliphatic rings. The summed E-state index contributed by atoms with van der Waals surface area (Å²) in [4.78, 5) is 13.1. The van der Waals surface area contributed by atoms with Crippen LogP contribution in [0, 0.1) is 11.7 Å². The number of fused-ring (bicyclic) bond motifs is 1. The average Bonchev–Trinajstić information content (AvgIpc) is 3.07. The summed E-state index contributed by atoms with van der Waals surface area (Å²) in [6, 6.07) is 8.02. The molecule has 0 fully saturated rings. The second-order valence-electron chi connectivity index (χ2n) is 5.93. The van der Waals surface area contributed by atoms with Crippen molar-refractivity contribution in [2.45, 2.75) is 18.9 Å². The third-order valence-electron chi connectivity index (χ3n) is 3.96. The quantitative estimate of drug-likeness (QED) is 0.902. The van der Waals surface area contributed by atoms with Crippen LogP contribution in [0.4, 0.5) is 4.39 Å². The molecule has 2 unspecified atom stereocenters. The van der Waals surface area contributed by atoms with E-state index in [9.17, 15) is 14.3 Å². The number of carbonyl (C=O) groups is 1. The van der Waals surface area contributed by atoms with E-state index in [1.165, 1.54) is 23.5 Å². The summed E-state index contributed by atoms with van der Waals surface area (Å²) in [6.07, 6.45) is 0.431. The molecule has 23 heavy (non-hydrogen) atoms. The maximum Gasteiger partial charge on any atom is 0.227 e. The molecule has 1 aromatic carbocycles. The van der Waals surface area contributed by atoms with Crippen molar-refractivity contribution in [1.29, 1.82) is 0 Å². The van der Waals surface area contributed by atoms with Crippen molar-refractivity contribution in [3.8, 4) is 5.75 Å². The molecule has 4 nitrogen and oxygen atoms in total. The van der Waals surface area contributed by atoms with Crippen molar-refractivity contribution in [3.63, 3.8) is 0 Å². The summed E-state index contributed by atoms with van der Waals surface area (Å²) >= 11 is 1.44. The van der Waals surface area contributed by atoms with Gasteiger partial charge in [0, 0.05) is 4.88 Å². The Morgan fingerprint density at radius 1 is 1.52 bits per heavy atom. The van der Waals surface area contributed by atoms with E-state index in [0.29, 0.717) is 17.7 Å². The van der Waals surface area contributed by atoms with Gasteiger partial charge in [-0.2, -0.15) is 0 Å². The van der Waals surface area contributed by atoms with Crippen molar-refractivity contribution in [2.75, 3.05) is 13.2 Å². The minimum absolute atomic E-state index is 0.124. The Morgan fingerprint density at radius 3 is 3.09 bits per heavy atom. The number of thiophene rings is 1. The van der Waals surface area contributed by atoms with Crippen LogP contribution in [0.2, 0.25) is 0 Å². The highest BCUT2D eigenvalue weighted by molar-refractivity contribution is 7.10. The van der Waals surface area contributed by atoms with Crippen molar-refractivity contribution in [2.24, 2.45) is 5.92 Å². The monoisotopic (exact) mass is 335 g/mol. The first kappa shape index (κ1) is 16.0. The fraction of sp³-hybridized carbons (Fsp3) is 0.353. The molecular formula is C17H18FNO3S. The second-order valence-corrected chi connectivity index (χ2v) is 6.88. The number of carbonyl (C=O) groups excluding carboxylic acids is 1. The molecule has 6 heteroatoms. The van der Waals surface area contributed by atoms with Crippen LogP contribution in [-0.4, -0.2) is 24.2 Å². The zero-order valence-electron chi connectivity index (χ0n) is 12.7. The van der Waals surface area contributed by atoms with Crippen LogP contribution in [0.3, 0.4) is 0 Å². The van der Waals surface area contributed by atoms with E-state index >= 15 is 0 Å². The number of ether oxygens (including phenoxy) is 1. The number of hydrogen-bond acceptors (Lipinski definition) is 4. The standard InChI is InChI=1S/C17H18FNO3S/c1-17(21,15-3-2-6-23-15)10-19-16(20)12-7-11-8-13(18)4-5-14(11)22-9-12/h2-6,8,12,21H,7,9-10H2,1H3,(H,19,20). The molecule has 0 radical (unpaired) electrons. The molecule has 0 aliphatic carbocycles. The van der Waals surface area contributed by atoms with Gasteiger partial charge in [-0.1, -0.05) is 6.07 Å². The molecule has 2 aromatic rings. The van der Waals surface area contributed by atoms with E-state index in [-0.39, 0.29) is 30.8 Å². The molecule has 1 aromatic heterocycles. The lowest BCUT2D eigenvalue weighted by Gasteiger charge is -2.27. The van der Waals surface area contributed by atoms with Gasteiger partial charge in [0.25, 0.3) is 0 Å². The fourth-order valence-corrected chi connectivity index (χ4v) is 3.39. The number of benzene rings is 1. The van der Waals surface area contributed by atoms with E-state index < -0.39 is 5.60 Å². The highest BCUT2D eigenvalue weighted by Crippen LogP contribution is 2.28. The minimum atomic E-state index is -1.11. The van der Waals surface area contributed by atoms with E-state index in [0.717, 1.165) is 4.88 Å². The number of halogens is 1. The molecule has 1 aliphatic heterocycles. The Morgan fingerprint density at radius 2 is 2.35 bits per heavy atom. The van der Waals surface area contributed by atoms with Gasteiger partial charge >= 0.3 is 0 Å². The normalized spacial score (nSPS) is 19.3. The van der Waals surface area contributed by atoms with Crippen LogP contribution in [0.25, 0.3) is 0 Å². The number of nitrogens with one attached hydrogen (secondary N) is 1. The van der Waals surface area contributed by atoms with Gasteiger partial charge in [-0.3, -0.25) is 4.79 Å². The van der Waals surface area contributed by atoms with Gasteiger partial charge in [-0.25, -0.2) is 4.39 Å². The van der Waals surface area contributed by atoms with Crippen LogP contribution in [-0.2, 0) is 16.8 Å². The first-order valence-corrected chi connectivity index (χ1v) is 8.29. The van der Waals surface area contributed by atoms with Crippen molar-refractivity contribution < 1.29 is 19.0 Å². The van der Waals surface area contributed by atoms with Crippen LogP contribution < -0.4 is 10.1 Å². The molecule has 0 spiro atoms. The third kappa shape index (κ3) is 3.54. The van der Waals surface area contributed by atoms with Gasteiger partial charge in [0.1, 0.15) is 23.8 Å². The summed E-state index contributed by atoms with van der Waals surface area (Å²) in [5.74, 6) is -0.296.